The van der Waals surface area contributed by atoms with Gasteiger partial charge in [0.2, 0.25) is 5.91 Å². The lowest BCUT2D eigenvalue weighted by molar-refractivity contribution is -0.138. The average Bonchev–Trinajstić information content (AvgIpc) is 2.40. The Morgan fingerprint density at radius 3 is 1.45 bits per heavy atom. The van der Waals surface area contributed by atoms with Gasteiger partial charge in [0.1, 0.15) is 0 Å². The van der Waals surface area contributed by atoms with E-state index in [1.54, 1.807) is 7.05 Å². The molecule has 126 valence electrons. The molecular weight excluding hydrogens is 296 g/mol. The molecule has 0 aromatic heterocycles. The van der Waals surface area contributed by atoms with E-state index in [1.165, 1.54) is 0 Å². The molecule has 0 bridgehead atoms. The summed E-state index contributed by atoms with van der Waals surface area (Å²) < 4.78 is 0. The first-order valence-corrected chi connectivity index (χ1v) is 6.82. The van der Waals surface area contributed by atoms with Crippen molar-refractivity contribution in [2.75, 3.05) is 13.6 Å². The van der Waals surface area contributed by atoms with Crippen LogP contribution in [-0.2, 0) is 19.2 Å². The maximum atomic E-state index is 11.8. The fourth-order valence-electron chi connectivity index (χ4n) is 2.10. The number of carbonyl (C=O) groups is 4. The van der Waals surface area contributed by atoms with Crippen LogP contribution in [0.3, 0.4) is 0 Å². The predicted octanol–water partition coefficient (Wildman–Crippen LogP) is -0.345. The van der Waals surface area contributed by atoms with Gasteiger partial charge in [0.05, 0.1) is 6.54 Å². The van der Waals surface area contributed by atoms with E-state index in [0.717, 1.165) is 0 Å². The normalized spacial score (nSPS) is 11.0. The van der Waals surface area contributed by atoms with Crippen molar-refractivity contribution in [3.63, 3.8) is 0 Å². The van der Waals surface area contributed by atoms with Gasteiger partial charge in [-0.05, 0) is 26.3 Å². The van der Waals surface area contributed by atoms with Gasteiger partial charge in [-0.2, -0.15) is 0 Å². The SMILES string of the molecule is CNCC(=O)NC(CCC(=O)O)(CCC(=O)O)CCC(=O)O. The summed E-state index contributed by atoms with van der Waals surface area (Å²) in [4.78, 5) is 44.1. The van der Waals surface area contributed by atoms with Crippen molar-refractivity contribution < 1.29 is 34.5 Å². The first kappa shape index (κ1) is 19.8. The number of hydrogen-bond donors (Lipinski definition) is 5. The quantitative estimate of drug-likeness (QED) is 0.327. The van der Waals surface area contributed by atoms with E-state index >= 15 is 0 Å². The third-order valence-electron chi connectivity index (χ3n) is 3.19. The van der Waals surface area contributed by atoms with Gasteiger partial charge in [-0.25, -0.2) is 0 Å². The number of aliphatic carboxylic acids is 3. The minimum Gasteiger partial charge on any atom is -0.481 e. The molecular formula is C13H22N2O7. The molecule has 0 saturated carbocycles. The molecule has 0 unspecified atom stereocenters. The second-order valence-corrected chi connectivity index (χ2v) is 5.04. The summed E-state index contributed by atoms with van der Waals surface area (Å²) in [5.74, 6) is -3.74. The zero-order valence-electron chi connectivity index (χ0n) is 12.4. The molecule has 0 aromatic rings. The second kappa shape index (κ2) is 9.72. The smallest absolute Gasteiger partial charge is 0.303 e. The summed E-state index contributed by atoms with van der Waals surface area (Å²) in [6.07, 6.45) is -0.966. The van der Waals surface area contributed by atoms with Crippen molar-refractivity contribution in [2.24, 2.45) is 0 Å². The number of nitrogens with one attached hydrogen (secondary N) is 2. The van der Waals surface area contributed by atoms with E-state index in [1.807, 2.05) is 0 Å². The van der Waals surface area contributed by atoms with E-state index < -0.39 is 29.4 Å². The summed E-state index contributed by atoms with van der Waals surface area (Å²) >= 11 is 0. The Kier molecular flexibility index (Phi) is 8.76. The molecule has 22 heavy (non-hydrogen) atoms. The molecule has 0 atom stereocenters. The molecule has 0 aliphatic carbocycles. The highest BCUT2D eigenvalue weighted by molar-refractivity contribution is 5.79. The molecule has 0 aromatic carbocycles. The summed E-state index contributed by atoms with van der Waals surface area (Å²) in [5.41, 5.74) is -1.16. The molecule has 0 aliphatic heterocycles. The minimum atomic E-state index is -1.16. The van der Waals surface area contributed by atoms with E-state index in [-0.39, 0.29) is 45.1 Å². The van der Waals surface area contributed by atoms with Crippen LogP contribution in [0.15, 0.2) is 0 Å². The third-order valence-corrected chi connectivity index (χ3v) is 3.19. The Morgan fingerprint density at radius 1 is 0.818 bits per heavy atom. The number of likely N-dealkylation sites (N-methyl/N-ethyl adjacent to an activating group) is 1. The molecule has 0 fully saturated rings. The molecule has 0 heterocycles. The van der Waals surface area contributed by atoms with Crippen LogP contribution in [0.5, 0.6) is 0 Å². The highest BCUT2D eigenvalue weighted by atomic mass is 16.4. The first-order chi connectivity index (χ1) is 10.2. The summed E-state index contributed by atoms with van der Waals surface area (Å²) in [6, 6.07) is 0. The van der Waals surface area contributed by atoms with E-state index in [0.29, 0.717) is 0 Å². The molecule has 0 aliphatic rings. The number of carboxylic acids is 3. The van der Waals surface area contributed by atoms with Crippen LogP contribution in [-0.4, -0.2) is 58.3 Å². The summed E-state index contributed by atoms with van der Waals surface area (Å²) in [6.45, 7) is -0.0328. The predicted molar refractivity (Wildman–Crippen MR) is 75.4 cm³/mol. The van der Waals surface area contributed by atoms with Crippen LogP contribution in [0.4, 0.5) is 0 Å². The Hall–Kier alpha value is -2.16. The van der Waals surface area contributed by atoms with Crippen molar-refractivity contribution in [1.82, 2.24) is 10.6 Å². The Labute approximate surface area is 127 Å². The van der Waals surface area contributed by atoms with Gasteiger partial charge in [-0.15, -0.1) is 0 Å². The van der Waals surface area contributed by atoms with Crippen LogP contribution in [0.25, 0.3) is 0 Å². The average molecular weight is 318 g/mol. The highest BCUT2D eigenvalue weighted by Crippen LogP contribution is 2.26. The zero-order chi connectivity index (χ0) is 17.2. The second-order valence-electron chi connectivity index (χ2n) is 5.04. The lowest BCUT2D eigenvalue weighted by atomic mass is 9.83. The van der Waals surface area contributed by atoms with E-state index in [4.69, 9.17) is 15.3 Å². The van der Waals surface area contributed by atoms with E-state index in [2.05, 4.69) is 10.6 Å². The first-order valence-electron chi connectivity index (χ1n) is 6.82. The molecule has 9 nitrogen and oxygen atoms in total. The molecule has 1 amide bonds. The summed E-state index contributed by atoms with van der Waals surface area (Å²) in [5, 5.41) is 31.7. The van der Waals surface area contributed by atoms with Crippen LogP contribution in [0.2, 0.25) is 0 Å². The lowest BCUT2D eigenvalue weighted by Crippen LogP contribution is -2.51. The topological polar surface area (TPSA) is 153 Å². The van der Waals surface area contributed by atoms with E-state index in [9.17, 15) is 19.2 Å². The van der Waals surface area contributed by atoms with Gasteiger partial charge in [0, 0.05) is 24.8 Å². The van der Waals surface area contributed by atoms with Crippen molar-refractivity contribution in [3.05, 3.63) is 0 Å². The Balaban J connectivity index is 5.15. The Bertz CT molecular complexity index is 377. The van der Waals surface area contributed by atoms with Crippen LogP contribution < -0.4 is 10.6 Å². The molecule has 9 heteroatoms. The molecule has 0 radical (unpaired) electrons. The van der Waals surface area contributed by atoms with Crippen molar-refractivity contribution in [3.8, 4) is 0 Å². The molecule has 0 saturated heterocycles. The van der Waals surface area contributed by atoms with Gasteiger partial charge in [-0.3, -0.25) is 19.2 Å². The third kappa shape index (κ3) is 8.90. The van der Waals surface area contributed by atoms with Crippen LogP contribution in [0.1, 0.15) is 38.5 Å². The highest BCUT2D eigenvalue weighted by Gasteiger charge is 2.33. The van der Waals surface area contributed by atoms with Crippen molar-refractivity contribution >= 4 is 23.8 Å². The van der Waals surface area contributed by atoms with Crippen LogP contribution in [0, 0.1) is 0 Å². The lowest BCUT2D eigenvalue weighted by Gasteiger charge is -2.34. The van der Waals surface area contributed by atoms with Crippen molar-refractivity contribution in [2.45, 2.75) is 44.1 Å². The number of carboxylic acid groups (broad SMARTS) is 3. The zero-order valence-corrected chi connectivity index (χ0v) is 12.4. The van der Waals surface area contributed by atoms with Gasteiger partial charge >= 0.3 is 17.9 Å². The van der Waals surface area contributed by atoms with Crippen LogP contribution >= 0.6 is 0 Å². The fraction of sp³-hybridized carbons (Fsp3) is 0.692. The maximum Gasteiger partial charge on any atom is 0.303 e. The minimum absolute atomic E-state index is 0.0294. The fourth-order valence-corrected chi connectivity index (χ4v) is 2.10. The van der Waals surface area contributed by atoms with Gasteiger partial charge in [0.25, 0.3) is 0 Å². The number of carbonyl (C=O) groups excluding carboxylic acids is 1. The molecule has 0 rings (SSSR count). The molecule has 0 spiro atoms. The van der Waals surface area contributed by atoms with Gasteiger partial charge in [0.15, 0.2) is 0 Å². The maximum absolute atomic E-state index is 11.8. The standard InChI is InChI=1S/C13H22N2O7/c1-14-8-9(16)15-13(5-2-10(17)18,6-3-11(19)20)7-4-12(21)22/h14H,2-8H2,1H3,(H,15,16)(H,17,18)(H,19,20)(H,21,22). The van der Waals surface area contributed by atoms with Crippen molar-refractivity contribution in [1.29, 1.82) is 0 Å². The number of hydrogen-bond acceptors (Lipinski definition) is 5. The van der Waals surface area contributed by atoms with Gasteiger partial charge < -0.3 is 26.0 Å². The van der Waals surface area contributed by atoms with Gasteiger partial charge in [-0.1, -0.05) is 0 Å². The number of rotatable bonds is 12. The monoisotopic (exact) mass is 318 g/mol. The Morgan fingerprint density at radius 2 is 1.18 bits per heavy atom. The summed E-state index contributed by atoms with van der Waals surface area (Å²) in [7, 11) is 1.55. The molecule has 5 N–H and O–H groups in total. The number of amides is 1. The largest absolute Gasteiger partial charge is 0.481 e.